The van der Waals surface area contributed by atoms with E-state index in [0.29, 0.717) is 17.9 Å². The molecule has 0 spiro atoms. The molecule has 1 N–H and O–H groups in total. The number of fused-ring (bicyclic) bond motifs is 1. The van der Waals surface area contributed by atoms with Crippen LogP contribution >= 0.6 is 11.6 Å². The third-order valence-corrected chi connectivity index (χ3v) is 8.54. The molecule has 0 heterocycles. The Morgan fingerprint density at radius 1 is 0.884 bits per heavy atom. The van der Waals surface area contributed by atoms with Gasteiger partial charge in [0.2, 0.25) is 0 Å². The number of hydrogen-bond donors (Lipinski definition) is 1. The average molecular weight is 614 g/mol. The molecule has 0 saturated carbocycles. The number of ether oxygens (including phenoxy) is 2. The van der Waals surface area contributed by atoms with E-state index < -0.39 is 22.5 Å². The number of sulfonamides is 1. The Bertz CT molecular complexity index is 1860. The highest BCUT2D eigenvalue weighted by atomic mass is 35.5. The fourth-order valence-electron chi connectivity index (χ4n) is 4.37. The molecule has 5 rings (SSSR count). The summed E-state index contributed by atoms with van der Waals surface area (Å²) in [6.07, 6.45) is 1.46. The third kappa shape index (κ3) is 7.32. The third-order valence-electron chi connectivity index (χ3n) is 6.53. The number of hydrazone groups is 1. The van der Waals surface area contributed by atoms with Gasteiger partial charge in [-0.15, -0.1) is 0 Å². The van der Waals surface area contributed by atoms with Gasteiger partial charge in [0.15, 0.2) is 0 Å². The highest BCUT2D eigenvalue weighted by Gasteiger charge is 2.29. The van der Waals surface area contributed by atoms with Crippen LogP contribution in [0.2, 0.25) is 5.02 Å². The van der Waals surface area contributed by atoms with Gasteiger partial charge >= 0.3 is 0 Å². The Balaban J connectivity index is 1.24. The van der Waals surface area contributed by atoms with Crippen molar-refractivity contribution < 1.29 is 22.7 Å². The van der Waals surface area contributed by atoms with Gasteiger partial charge in [0.1, 0.15) is 24.7 Å². The van der Waals surface area contributed by atoms with Crippen LogP contribution < -0.4 is 19.2 Å². The number of benzene rings is 5. The summed E-state index contributed by atoms with van der Waals surface area (Å²) in [6, 6.07) is 33.9. The fourth-order valence-corrected chi connectivity index (χ4v) is 5.98. The minimum absolute atomic E-state index is 0.0104. The Morgan fingerprint density at radius 3 is 2.35 bits per heavy atom. The standard InChI is InChI=1S/C33H28ClN3O5S/c1-41-32-18-15-28(34)20-31(32)37(43(39,40)30-9-3-2-4-10-30)22-33(38)36-35-21-24-12-16-29(17-13-24)42-23-25-11-14-26-7-5-6-8-27(26)19-25/h2-21H,22-23H2,1H3,(H,36,38)/b35-21-. The lowest BCUT2D eigenvalue weighted by Crippen LogP contribution is -2.39. The Kier molecular flexibility index (Phi) is 9.24. The van der Waals surface area contributed by atoms with Crippen molar-refractivity contribution in [2.45, 2.75) is 11.5 Å². The van der Waals surface area contributed by atoms with Gasteiger partial charge < -0.3 is 9.47 Å². The fraction of sp³-hybridized carbons (Fsp3) is 0.0909. The molecule has 218 valence electrons. The van der Waals surface area contributed by atoms with Gasteiger partial charge in [-0.05, 0) is 82.6 Å². The summed E-state index contributed by atoms with van der Waals surface area (Å²) in [5.41, 5.74) is 4.30. The van der Waals surface area contributed by atoms with E-state index in [1.807, 2.05) is 30.3 Å². The minimum atomic E-state index is -4.15. The molecular weight excluding hydrogens is 586 g/mol. The summed E-state index contributed by atoms with van der Waals surface area (Å²) in [5, 5.41) is 6.63. The van der Waals surface area contributed by atoms with Crippen LogP contribution in [-0.2, 0) is 21.4 Å². The lowest BCUT2D eigenvalue weighted by molar-refractivity contribution is -0.119. The summed E-state index contributed by atoms with van der Waals surface area (Å²) in [7, 11) is -2.74. The first-order chi connectivity index (χ1) is 20.8. The molecule has 0 unspecified atom stereocenters. The first-order valence-corrected chi connectivity index (χ1v) is 15.1. The van der Waals surface area contributed by atoms with Gasteiger partial charge in [0.05, 0.1) is 23.9 Å². The molecule has 43 heavy (non-hydrogen) atoms. The molecule has 5 aromatic rings. The first kappa shape index (κ1) is 29.6. The zero-order valence-electron chi connectivity index (χ0n) is 23.2. The summed E-state index contributed by atoms with van der Waals surface area (Å²) in [5.74, 6) is 0.267. The lowest BCUT2D eigenvalue weighted by atomic mass is 10.1. The summed E-state index contributed by atoms with van der Waals surface area (Å²) < 4.78 is 39.4. The predicted molar refractivity (Wildman–Crippen MR) is 169 cm³/mol. The smallest absolute Gasteiger partial charge is 0.264 e. The molecule has 5 aromatic carbocycles. The van der Waals surface area contributed by atoms with Crippen LogP contribution in [0.15, 0.2) is 125 Å². The molecule has 0 saturated heterocycles. The van der Waals surface area contributed by atoms with Crippen molar-refractivity contribution in [1.82, 2.24) is 5.43 Å². The summed E-state index contributed by atoms with van der Waals surface area (Å²) in [4.78, 5) is 12.9. The van der Waals surface area contributed by atoms with Crippen LogP contribution in [0.25, 0.3) is 10.8 Å². The maximum atomic E-state index is 13.6. The number of methoxy groups -OCH3 is 1. The van der Waals surface area contributed by atoms with Gasteiger partial charge in [0, 0.05) is 5.02 Å². The van der Waals surface area contributed by atoms with E-state index in [1.165, 1.54) is 43.0 Å². The number of nitrogens with one attached hydrogen (secondary N) is 1. The predicted octanol–water partition coefficient (Wildman–Crippen LogP) is 6.43. The van der Waals surface area contributed by atoms with E-state index in [-0.39, 0.29) is 21.4 Å². The van der Waals surface area contributed by atoms with Crippen LogP contribution in [0.1, 0.15) is 11.1 Å². The van der Waals surface area contributed by atoms with E-state index in [1.54, 1.807) is 36.4 Å². The summed E-state index contributed by atoms with van der Waals surface area (Å²) >= 11 is 6.17. The van der Waals surface area contributed by atoms with E-state index in [2.05, 4.69) is 34.8 Å². The zero-order valence-corrected chi connectivity index (χ0v) is 24.8. The molecule has 0 aromatic heterocycles. The van der Waals surface area contributed by atoms with Crippen molar-refractivity contribution in [3.8, 4) is 11.5 Å². The topological polar surface area (TPSA) is 97.3 Å². The highest BCUT2D eigenvalue weighted by Crippen LogP contribution is 2.34. The quantitative estimate of drug-likeness (QED) is 0.137. The second kappa shape index (κ2) is 13.4. The van der Waals surface area contributed by atoms with Crippen LogP contribution in [-0.4, -0.2) is 34.2 Å². The molecule has 0 bridgehead atoms. The highest BCUT2D eigenvalue weighted by molar-refractivity contribution is 7.92. The van der Waals surface area contributed by atoms with Crippen LogP contribution in [0, 0.1) is 0 Å². The normalized spacial score (nSPS) is 11.4. The molecule has 1 amide bonds. The van der Waals surface area contributed by atoms with Gasteiger partial charge in [0.25, 0.3) is 15.9 Å². The van der Waals surface area contributed by atoms with Crippen molar-refractivity contribution >= 4 is 50.2 Å². The minimum Gasteiger partial charge on any atom is -0.495 e. The Morgan fingerprint density at radius 2 is 1.60 bits per heavy atom. The largest absolute Gasteiger partial charge is 0.495 e. The Labute approximate surface area is 255 Å². The van der Waals surface area contributed by atoms with Crippen LogP contribution in [0.3, 0.4) is 0 Å². The molecule has 0 aliphatic rings. The molecule has 8 nitrogen and oxygen atoms in total. The maximum absolute atomic E-state index is 13.6. The van der Waals surface area contributed by atoms with Crippen molar-refractivity contribution in [2.24, 2.45) is 5.10 Å². The van der Waals surface area contributed by atoms with Gasteiger partial charge in [-0.25, -0.2) is 13.8 Å². The first-order valence-electron chi connectivity index (χ1n) is 13.3. The zero-order chi connectivity index (χ0) is 30.2. The van der Waals surface area contributed by atoms with Gasteiger partial charge in [-0.3, -0.25) is 9.10 Å². The number of halogens is 1. The number of carbonyl (C=O) groups is 1. The van der Waals surface area contributed by atoms with E-state index in [0.717, 1.165) is 15.3 Å². The average Bonchev–Trinajstić information content (AvgIpc) is 3.03. The number of nitrogens with zero attached hydrogens (tertiary/aromatic N) is 2. The monoisotopic (exact) mass is 613 g/mol. The Hall–Kier alpha value is -4.86. The second-order valence-electron chi connectivity index (χ2n) is 9.47. The molecule has 10 heteroatoms. The van der Waals surface area contributed by atoms with Crippen molar-refractivity contribution in [1.29, 1.82) is 0 Å². The molecule has 0 aliphatic heterocycles. The SMILES string of the molecule is COc1ccc(Cl)cc1N(CC(=O)N/N=C\c1ccc(OCc2ccc3ccccc3c2)cc1)S(=O)(=O)c1ccccc1. The van der Waals surface area contributed by atoms with E-state index in [9.17, 15) is 13.2 Å². The summed E-state index contributed by atoms with van der Waals surface area (Å²) in [6.45, 7) is -0.138. The number of hydrogen-bond acceptors (Lipinski definition) is 6. The number of anilines is 1. The molecule has 0 radical (unpaired) electrons. The number of amides is 1. The molecule has 0 atom stereocenters. The lowest BCUT2D eigenvalue weighted by Gasteiger charge is -2.25. The van der Waals surface area contributed by atoms with Crippen LogP contribution in [0.5, 0.6) is 11.5 Å². The van der Waals surface area contributed by atoms with Crippen molar-refractivity contribution in [2.75, 3.05) is 18.0 Å². The van der Waals surface area contributed by atoms with Crippen LogP contribution in [0.4, 0.5) is 5.69 Å². The maximum Gasteiger partial charge on any atom is 0.264 e. The number of rotatable bonds is 11. The molecule has 0 fully saturated rings. The van der Waals surface area contributed by atoms with Crippen molar-refractivity contribution in [3.05, 3.63) is 131 Å². The van der Waals surface area contributed by atoms with Gasteiger partial charge in [-0.2, -0.15) is 5.10 Å². The van der Waals surface area contributed by atoms with E-state index in [4.69, 9.17) is 21.1 Å². The second-order valence-corrected chi connectivity index (χ2v) is 11.8. The number of carbonyl (C=O) groups excluding carboxylic acids is 1. The molecule has 0 aliphatic carbocycles. The van der Waals surface area contributed by atoms with Crippen molar-refractivity contribution in [3.63, 3.8) is 0 Å². The van der Waals surface area contributed by atoms with E-state index >= 15 is 0 Å². The van der Waals surface area contributed by atoms with Gasteiger partial charge in [-0.1, -0.05) is 66.2 Å². The molecular formula is C33H28ClN3O5S.